The summed E-state index contributed by atoms with van der Waals surface area (Å²) in [5, 5.41) is 5.19. The van der Waals surface area contributed by atoms with Crippen molar-refractivity contribution in [2.24, 2.45) is 0 Å². The number of amides is 1. The highest BCUT2D eigenvalue weighted by atomic mass is 79.9. The van der Waals surface area contributed by atoms with E-state index in [1.807, 2.05) is 6.92 Å². The van der Waals surface area contributed by atoms with Crippen LogP contribution in [0.1, 0.15) is 23.7 Å². The molecule has 1 amide bonds. The first kappa shape index (κ1) is 18.4. The molecule has 0 bridgehead atoms. The van der Waals surface area contributed by atoms with Gasteiger partial charge in [0.15, 0.2) is 5.11 Å². The minimum atomic E-state index is -0.474. The Morgan fingerprint density at radius 3 is 2.58 bits per heavy atom. The quantitative estimate of drug-likeness (QED) is 0.712. The van der Waals surface area contributed by atoms with Crippen LogP contribution in [0, 0.1) is 5.82 Å². The molecule has 0 aliphatic heterocycles. The second kappa shape index (κ2) is 8.75. The van der Waals surface area contributed by atoms with E-state index in [1.165, 1.54) is 12.1 Å². The van der Waals surface area contributed by atoms with Crippen molar-refractivity contribution in [3.8, 4) is 5.75 Å². The van der Waals surface area contributed by atoms with Gasteiger partial charge >= 0.3 is 0 Å². The molecule has 2 N–H and O–H groups in total. The molecule has 0 heterocycles. The van der Waals surface area contributed by atoms with Crippen molar-refractivity contribution < 1.29 is 13.9 Å². The number of hydrogen-bond acceptors (Lipinski definition) is 3. The zero-order valence-electron chi connectivity index (χ0n) is 12.9. The summed E-state index contributed by atoms with van der Waals surface area (Å²) < 4.78 is 19.8. The molecule has 126 valence electrons. The van der Waals surface area contributed by atoms with Crippen LogP contribution >= 0.6 is 28.1 Å². The van der Waals surface area contributed by atoms with Gasteiger partial charge in [-0.05, 0) is 61.1 Å². The van der Waals surface area contributed by atoms with Gasteiger partial charge in [0.05, 0.1) is 12.3 Å². The van der Waals surface area contributed by atoms with E-state index in [9.17, 15) is 9.18 Å². The van der Waals surface area contributed by atoms with Crippen LogP contribution in [0.4, 0.5) is 10.1 Å². The second-order valence-electron chi connectivity index (χ2n) is 4.91. The van der Waals surface area contributed by atoms with Crippen LogP contribution in [0.25, 0.3) is 0 Å². The third kappa shape index (κ3) is 5.28. The number of ether oxygens (including phenoxy) is 1. The molecule has 0 aliphatic rings. The molecule has 0 aliphatic carbocycles. The van der Waals surface area contributed by atoms with E-state index in [4.69, 9.17) is 17.0 Å². The summed E-state index contributed by atoms with van der Waals surface area (Å²) in [6.45, 7) is 2.64. The molecule has 4 nitrogen and oxygen atoms in total. The molecule has 2 rings (SSSR count). The number of nitrogens with one attached hydrogen (secondary N) is 2. The minimum Gasteiger partial charge on any atom is -0.494 e. The number of rotatable bonds is 5. The van der Waals surface area contributed by atoms with Crippen molar-refractivity contribution in [3.05, 3.63) is 58.3 Å². The fourth-order valence-corrected chi connectivity index (χ4v) is 2.38. The summed E-state index contributed by atoms with van der Waals surface area (Å²) in [6, 6.07) is 11.2. The molecule has 2 aromatic carbocycles. The predicted octanol–water partition coefficient (Wildman–Crippen LogP) is 4.50. The molecule has 0 aromatic heterocycles. The summed E-state index contributed by atoms with van der Waals surface area (Å²) >= 11 is 8.22. The Bertz CT molecular complexity index is 738. The van der Waals surface area contributed by atoms with E-state index in [1.54, 1.807) is 30.3 Å². The Morgan fingerprint density at radius 2 is 1.96 bits per heavy atom. The third-order valence-corrected chi connectivity index (χ3v) is 3.69. The Morgan fingerprint density at radius 1 is 1.25 bits per heavy atom. The maximum atomic E-state index is 13.7. The van der Waals surface area contributed by atoms with Gasteiger partial charge in [0.2, 0.25) is 0 Å². The van der Waals surface area contributed by atoms with Gasteiger partial charge in [-0.3, -0.25) is 10.1 Å². The minimum absolute atomic E-state index is 0.0209. The highest BCUT2D eigenvalue weighted by molar-refractivity contribution is 9.10. The lowest BCUT2D eigenvalue weighted by molar-refractivity contribution is 0.0977. The van der Waals surface area contributed by atoms with Crippen LogP contribution in [0.5, 0.6) is 5.75 Å². The van der Waals surface area contributed by atoms with Crippen LogP contribution in [-0.2, 0) is 0 Å². The van der Waals surface area contributed by atoms with Crippen LogP contribution < -0.4 is 15.4 Å². The molecular weight excluding hydrogens is 395 g/mol. The van der Waals surface area contributed by atoms with Gasteiger partial charge in [0, 0.05) is 10.0 Å². The number of benzene rings is 2. The standard InChI is InChI=1S/C17H16BrFN2O2S/c1-2-9-23-13-6-3-11(4-7-13)16(22)21-17(24)20-15-8-5-12(18)10-14(15)19/h3-8,10H,2,9H2,1H3,(H2,20,21,22,24). The van der Waals surface area contributed by atoms with Gasteiger partial charge in [0.25, 0.3) is 5.91 Å². The third-order valence-electron chi connectivity index (χ3n) is 3.00. The lowest BCUT2D eigenvalue weighted by atomic mass is 10.2. The number of halogens is 2. The molecule has 0 fully saturated rings. The normalized spacial score (nSPS) is 10.1. The number of thiocarbonyl (C=S) groups is 1. The first-order valence-electron chi connectivity index (χ1n) is 7.30. The SMILES string of the molecule is CCCOc1ccc(C(=O)NC(=S)Nc2ccc(Br)cc2F)cc1. The average molecular weight is 411 g/mol. The zero-order valence-corrected chi connectivity index (χ0v) is 15.3. The molecular formula is C17H16BrFN2O2S. The first-order chi connectivity index (χ1) is 11.5. The zero-order chi connectivity index (χ0) is 17.5. The topological polar surface area (TPSA) is 50.4 Å². The van der Waals surface area contributed by atoms with E-state index in [0.29, 0.717) is 22.4 Å². The smallest absolute Gasteiger partial charge is 0.257 e. The number of hydrogen-bond donors (Lipinski definition) is 2. The monoisotopic (exact) mass is 410 g/mol. The number of carbonyl (C=O) groups is 1. The largest absolute Gasteiger partial charge is 0.494 e. The van der Waals surface area contributed by atoms with E-state index < -0.39 is 5.82 Å². The van der Waals surface area contributed by atoms with Gasteiger partial charge in [-0.1, -0.05) is 22.9 Å². The lowest BCUT2D eigenvalue weighted by Crippen LogP contribution is -2.34. The van der Waals surface area contributed by atoms with E-state index in [0.717, 1.165) is 6.42 Å². The van der Waals surface area contributed by atoms with E-state index in [-0.39, 0.29) is 16.7 Å². The van der Waals surface area contributed by atoms with Gasteiger partial charge < -0.3 is 10.1 Å². The van der Waals surface area contributed by atoms with Crippen LogP contribution in [0.15, 0.2) is 46.9 Å². The number of anilines is 1. The second-order valence-corrected chi connectivity index (χ2v) is 6.23. The molecule has 0 spiro atoms. The Balaban J connectivity index is 1.94. The van der Waals surface area contributed by atoms with E-state index in [2.05, 4.69) is 26.6 Å². The summed E-state index contributed by atoms with van der Waals surface area (Å²) in [7, 11) is 0. The fraction of sp³-hybridized carbons (Fsp3) is 0.176. The van der Waals surface area contributed by atoms with Crippen LogP contribution in [0.3, 0.4) is 0 Å². The molecule has 0 saturated carbocycles. The highest BCUT2D eigenvalue weighted by Crippen LogP contribution is 2.19. The fourth-order valence-electron chi connectivity index (χ4n) is 1.84. The van der Waals surface area contributed by atoms with Crippen molar-refractivity contribution in [1.82, 2.24) is 5.32 Å². The lowest BCUT2D eigenvalue weighted by Gasteiger charge is -2.11. The van der Waals surface area contributed by atoms with Gasteiger partial charge in [-0.25, -0.2) is 4.39 Å². The van der Waals surface area contributed by atoms with Crippen molar-refractivity contribution in [1.29, 1.82) is 0 Å². The number of carbonyl (C=O) groups excluding carboxylic acids is 1. The maximum Gasteiger partial charge on any atom is 0.257 e. The first-order valence-corrected chi connectivity index (χ1v) is 8.50. The van der Waals surface area contributed by atoms with Crippen molar-refractivity contribution in [3.63, 3.8) is 0 Å². The summed E-state index contributed by atoms with van der Waals surface area (Å²) in [5.41, 5.74) is 0.617. The predicted molar refractivity (Wildman–Crippen MR) is 100 cm³/mol. The Labute approximate surface area is 153 Å². The molecule has 0 saturated heterocycles. The van der Waals surface area contributed by atoms with E-state index >= 15 is 0 Å². The van der Waals surface area contributed by atoms with Crippen LogP contribution in [-0.4, -0.2) is 17.6 Å². The summed E-state index contributed by atoms with van der Waals surface area (Å²) in [5.74, 6) is -0.156. The summed E-state index contributed by atoms with van der Waals surface area (Å²) in [6.07, 6.45) is 0.912. The molecule has 24 heavy (non-hydrogen) atoms. The van der Waals surface area contributed by atoms with Crippen molar-refractivity contribution >= 4 is 44.9 Å². The van der Waals surface area contributed by atoms with Gasteiger partial charge in [0.1, 0.15) is 11.6 Å². The van der Waals surface area contributed by atoms with Crippen molar-refractivity contribution in [2.45, 2.75) is 13.3 Å². The Hall–Kier alpha value is -1.99. The average Bonchev–Trinajstić information content (AvgIpc) is 2.56. The molecule has 7 heteroatoms. The molecule has 0 unspecified atom stereocenters. The highest BCUT2D eigenvalue weighted by Gasteiger charge is 2.10. The maximum absolute atomic E-state index is 13.7. The molecule has 0 radical (unpaired) electrons. The van der Waals surface area contributed by atoms with Crippen molar-refractivity contribution in [2.75, 3.05) is 11.9 Å². The molecule has 0 atom stereocenters. The Kier molecular flexibility index (Phi) is 6.69. The van der Waals surface area contributed by atoms with Gasteiger partial charge in [-0.15, -0.1) is 0 Å². The molecule has 2 aromatic rings. The van der Waals surface area contributed by atoms with Gasteiger partial charge in [-0.2, -0.15) is 0 Å². The van der Waals surface area contributed by atoms with Crippen LogP contribution in [0.2, 0.25) is 0 Å². The summed E-state index contributed by atoms with van der Waals surface area (Å²) in [4.78, 5) is 12.1.